The molecule has 0 saturated carbocycles. The molecule has 1 aliphatic rings. The minimum Gasteiger partial charge on any atom is -0.418 e. The Morgan fingerprint density at radius 2 is 1.33 bits per heavy atom. The van der Waals surface area contributed by atoms with Crippen LogP contribution in [-0.4, -0.2) is 13.0 Å². The zero-order chi connectivity index (χ0) is 19.8. The molecule has 3 aromatic rings. The number of benzene rings is 3. The molecule has 0 atom stereocenters. The standard InChI is InChI=1S/C21H20N.BF4/c1-15-21(2,3)20-18-12-8-7-9-16(18)13-14-19(20)22(15)17-10-5-4-6-11-17;2-1(3,4)5/h4-14H,1-3H3;/q+1;-1. The van der Waals surface area contributed by atoms with Crippen LogP contribution in [0.15, 0.2) is 66.7 Å². The average Bonchev–Trinajstić information content (AvgIpc) is 2.81. The van der Waals surface area contributed by atoms with Crippen LogP contribution >= 0.6 is 0 Å². The molecule has 1 aliphatic heterocycles. The fraction of sp³-hybridized carbons (Fsp3) is 0.190. The van der Waals surface area contributed by atoms with Gasteiger partial charge in [-0.25, -0.2) is 0 Å². The van der Waals surface area contributed by atoms with Crippen LogP contribution in [0.5, 0.6) is 0 Å². The maximum absolute atomic E-state index is 9.75. The van der Waals surface area contributed by atoms with Gasteiger partial charge in [-0.1, -0.05) is 42.5 Å². The molecule has 6 heteroatoms. The molecule has 0 unspecified atom stereocenters. The molecule has 0 radical (unpaired) electrons. The summed E-state index contributed by atoms with van der Waals surface area (Å²) in [6.45, 7) is 6.91. The highest BCUT2D eigenvalue weighted by Crippen LogP contribution is 2.45. The number of hydrogen-bond donors (Lipinski definition) is 0. The van der Waals surface area contributed by atoms with Crippen molar-refractivity contribution in [3.8, 4) is 0 Å². The lowest BCUT2D eigenvalue weighted by Gasteiger charge is -2.17. The Kier molecular flexibility index (Phi) is 4.85. The quantitative estimate of drug-likeness (QED) is 0.253. The van der Waals surface area contributed by atoms with E-state index in [9.17, 15) is 17.3 Å². The highest BCUT2D eigenvalue weighted by Gasteiger charge is 2.45. The molecule has 1 heterocycles. The van der Waals surface area contributed by atoms with E-state index in [1.807, 2.05) is 0 Å². The summed E-state index contributed by atoms with van der Waals surface area (Å²) in [5.41, 5.74) is 5.40. The first-order valence-corrected chi connectivity index (χ1v) is 8.69. The Morgan fingerprint density at radius 1 is 0.778 bits per heavy atom. The predicted molar refractivity (Wildman–Crippen MR) is 106 cm³/mol. The molecule has 0 saturated heterocycles. The van der Waals surface area contributed by atoms with E-state index < -0.39 is 7.25 Å². The SMILES string of the molecule is CC1=[N+](c2ccccc2)c2ccc3ccccc3c2C1(C)C.F[B-](F)(F)F. The smallest absolute Gasteiger partial charge is 0.418 e. The first-order valence-electron chi connectivity index (χ1n) is 8.69. The molecule has 0 fully saturated rings. The van der Waals surface area contributed by atoms with E-state index in [4.69, 9.17) is 0 Å². The van der Waals surface area contributed by atoms with Crippen LogP contribution in [0.25, 0.3) is 10.8 Å². The van der Waals surface area contributed by atoms with Crippen molar-refractivity contribution in [2.75, 3.05) is 0 Å². The highest BCUT2D eigenvalue weighted by atomic mass is 19.5. The fourth-order valence-electron chi connectivity index (χ4n) is 3.65. The molecule has 0 N–H and O–H groups in total. The van der Waals surface area contributed by atoms with E-state index in [0.29, 0.717) is 0 Å². The number of nitrogens with zero attached hydrogens (tertiary/aromatic N) is 1. The number of fused-ring (bicyclic) bond motifs is 3. The zero-order valence-electron chi connectivity index (χ0n) is 15.4. The van der Waals surface area contributed by atoms with Gasteiger partial charge in [0.05, 0.1) is 5.41 Å². The highest BCUT2D eigenvalue weighted by molar-refractivity contribution is 6.50. The third kappa shape index (κ3) is 3.75. The number of rotatable bonds is 1. The van der Waals surface area contributed by atoms with Crippen LogP contribution in [0, 0.1) is 0 Å². The lowest BCUT2D eigenvalue weighted by molar-refractivity contribution is 0.368. The van der Waals surface area contributed by atoms with E-state index in [1.54, 1.807) is 0 Å². The van der Waals surface area contributed by atoms with E-state index in [0.717, 1.165) is 0 Å². The van der Waals surface area contributed by atoms with E-state index in [-0.39, 0.29) is 5.41 Å². The van der Waals surface area contributed by atoms with Crippen molar-refractivity contribution in [3.63, 3.8) is 0 Å². The van der Waals surface area contributed by atoms with Gasteiger partial charge in [0.15, 0.2) is 5.71 Å². The van der Waals surface area contributed by atoms with Crippen LogP contribution in [-0.2, 0) is 5.41 Å². The largest absolute Gasteiger partial charge is 0.673 e. The topological polar surface area (TPSA) is 3.01 Å². The van der Waals surface area contributed by atoms with Gasteiger partial charge in [-0.2, -0.15) is 4.58 Å². The third-order valence-electron chi connectivity index (χ3n) is 5.03. The van der Waals surface area contributed by atoms with Crippen LogP contribution in [0.3, 0.4) is 0 Å². The molecule has 3 aromatic carbocycles. The molecule has 0 amide bonds. The maximum Gasteiger partial charge on any atom is 0.673 e. The summed E-state index contributed by atoms with van der Waals surface area (Å²) in [6, 6.07) is 23.9. The molecule has 4 rings (SSSR count). The molecule has 1 nitrogen and oxygen atoms in total. The summed E-state index contributed by atoms with van der Waals surface area (Å²) in [6.07, 6.45) is 0. The summed E-state index contributed by atoms with van der Waals surface area (Å²) >= 11 is 0. The van der Waals surface area contributed by atoms with Crippen LogP contribution in [0.4, 0.5) is 28.6 Å². The number of para-hydroxylation sites is 1. The number of hydrogen-bond acceptors (Lipinski definition) is 0. The Morgan fingerprint density at radius 3 is 1.96 bits per heavy atom. The summed E-state index contributed by atoms with van der Waals surface area (Å²) in [7, 11) is -6.00. The van der Waals surface area contributed by atoms with Gasteiger partial charge in [-0.05, 0) is 30.7 Å². The van der Waals surface area contributed by atoms with E-state index in [1.165, 1.54) is 33.4 Å². The van der Waals surface area contributed by atoms with Gasteiger partial charge in [0.2, 0.25) is 11.4 Å². The molecule has 27 heavy (non-hydrogen) atoms. The molecule has 0 aliphatic carbocycles. The predicted octanol–water partition coefficient (Wildman–Crippen LogP) is 6.73. The molecule has 0 spiro atoms. The average molecular weight is 373 g/mol. The summed E-state index contributed by atoms with van der Waals surface area (Å²) in [5, 5.41) is 2.68. The van der Waals surface area contributed by atoms with Gasteiger partial charge >= 0.3 is 7.25 Å². The van der Waals surface area contributed by atoms with Gasteiger partial charge in [0.1, 0.15) is 0 Å². The molecule has 0 aromatic heterocycles. The lowest BCUT2D eigenvalue weighted by atomic mass is 9.80. The minimum atomic E-state index is -6.00. The minimum absolute atomic E-state index is 0.0338. The van der Waals surface area contributed by atoms with Gasteiger partial charge in [-0.3, -0.25) is 0 Å². The second-order valence-corrected chi connectivity index (χ2v) is 7.06. The lowest BCUT2D eigenvalue weighted by Crippen LogP contribution is -2.26. The fourth-order valence-corrected chi connectivity index (χ4v) is 3.65. The Labute approximate surface area is 156 Å². The molecular formula is C21H20BF4N. The normalized spacial score (nSPS) is 15.4. The summed E-state index contributed by atoms with van der Waals surface area (Å²) in [4.78, 5) is 0. The first-order chi connectivity index (χ1) is 12.6. The van der Waals surface area contributed by atoms with Crippen LogP contribution in [0.2, 0.25) is 0 Å². The molecule has 140 valence electrons. The van der Waals surface area contributed by atoms with Crippen molar-refractivity contribution < 1.29 is 17.3 Å². The third-order valence-corrected chi connectivity index (χ3v) is 5.03. The summed E-state index contributed by atoms with van der Waals surface area (Å²) < 4.78 is 41.4. The van der Waals surface area contributed by atoms with Gasteiger partial charge in [-0.15, -0.1) is 0 Å². The molecular weight excluding hydrogens is 353 g/mol. The van der Waals surface area contributed by atoms with E-state index >= 15 is 0 Å². The second kappa shape index (κ2) is 6.84. The van der Waals surface area contributed by atoms with Crippen LogP contribution < -0.4 is 4.58 Å². The van der Waals surface area contributed by atoms with Crippen molar-refractivity contribution >= 4 is 35.1 Å². The Bertz CT molecular complexity index is 1000. The van der Waals surface area contributed by atoms with Gasteiger partial charge in [0.25, 0.3) is 0 Å². The monoisotopic (exact) mass is 373 g/mol. The molecule has 0 bridgehead atoms. The Hall–Kier alpha value is -2.63. The van der Waals surface area contributed by atoms with Crippen molar-refractivity contribution in [2.45, 2.75) is 26.2 Å². The van der Waals surface area contributed by atoms with Crippen LogP contribution in [0.1, 0.15) is 26.3 Å². The second-order valence-electron chi connectivity index (χ2n) is 7.06. The van der Waals surface area contributed by atoms with Crippen molar-refractivity contribution in [1.82, 2.24) is 4.58 Å². The first kappa shape index (κ1) is 19.1. The van der Waals surface area contributed by atoms with Crippen molar-refractivity contribution in [1.29, 1.82) is 0 Å². The van der Waals surface area contributed by atoms with Crippen molar-refractivity contribution in [2.24, 2.45) is 0 Å². The maximum atomic E-state index is 9.75. The number of halogens is 4. The van der Waals surface area contributed by atoms with E-state index in [2.05, 4.69) is 92.1 Å². The van der Waals surface area contributed by atoms with Gasteiger partial charge in [0, 0.05) is 30.7 Å². The Balaban J connectivity index is 0.000000376. The van der Waals surface area contributed by atoms with Crippen molar-refractivity contribution in [3.05, 3.63) is 72.3 Å². The zero-order valence-corrected chi connectivity index (χ0v) is 15.4. The summed E-state index contributed by atoms with van der Waals surface area (Å²) in [5.74, 6) is 0. The van der Waals surface area contributed by atoms with Gasteiger partial charge < -0.3 is 17.3 Å².